The van der Waals surface area contributed by atoms with Gasteiger partial charge in [-0.3, -0.25) is 9.78 Å². The summed E-state index contributed by atoms with van der Waals surface area (Å²) in [5.41, 5.74) is 9.01. The van der Waals surface area contributed by atoms with E-state index in [9.17, 15) is 26.8 Å². The molecule has 0 aliphatic heterocycles. The third kappa shape index (κ3) is 11.4. The average Bonchev–Trinajstić information content (AvgIpc) is 2.99. The van der Waals surface area contributed by atoms with Crippen LogP contribution < -0.4 is 16.4 Å². The number of halogens is 2. The first-order valence-corrected chi connectivity index (χ1v) is 16.4. The van der Waals surface area contributed by atoms with E-state index in [2.05, 4.69) is 15.6 Å². The lowest BCUT2D eigenvalue weighted by Gasteiger charge is -2.27. The summed E-state index contributed by atoms with van der Waals surface area (Å²) in [5, 5.41) is 5.70. The number of aryl methyl sites for hydroxylation is 1. The fourth-order valence-electron chi connectivity index (χ4n) is 4.58. The summed E-state index contributed by atoms with van der Waals surface area (Å²) in [4.78, 5) is 30.3. The molecule has 238 valence electrons. The van der Waals surface area contributed by atoms with Crippen LogP contribution in [0.25, 0.3) is 0 Å². The molecule has 0 bridgehead atoms. The number of pyridine rings is 1. The molecule has 3 rings (SSSR count). The quantitative estimate of drug-likeness (QED) is 0.193. The van der Waals surface area contributed by atoms with Crippen molar-refractivity contribution >= 4 is 21.7 Å². The molecule has 0 aliphatic rings. The Balaban J connectivity index is 1.83. The maximum atomic E-state index is 13.9. The fourth-order valence-corrected chi connectivity index (χ4v) is 6.20. The highest BCUT2D eigenvalue weighted by Crippen LogP contribution is 2.14. The molecule has 0 aliphatic carbocycles. The van der Waals surface area contributed by atoms with Crippen LogP contribution in [0, 0.1) is 11.6 Å². The van der Waals surface area contributed by atoms with Gasteiger partial charge in [0.15, 0.2) is 9.84 Å². The van der Waals surface area contributed by atoms with E-state index in [0.717, 1.165) is 35.7 Å². The van der Waals surface area contributed by atoms with Crippen molar-refractivity contribution in [1.82, 2.24) is 15.6 Å². The van der Waals surface area contributed by atoms with Crippen LogP contribution in [0.15, 0.2) is 67.0 Å². The maximum Gasteiger partial charge on any atom is 0.330 e. The SMILES string of the molecule is CCCCS(=O)(=O)C[C@@H](NC(=O)c1ccncc1)C(=O)O[C@H](CNCc1cccc(CC)c1)[C@@H](N)Cc1cc(F)cc(F)c1. The molecule has 0 unspecified atom stereocenters. The first-order valence-electron chi connectivity index (χ1n) is 14.6. The first-order chi connectivity index (χ1) is 21.0. The molecule has 2 aromatic carbocycles. The van der Waals surface area contributed by atoms with Crippen LogP contribution in [0.1, 0.15) is 53.7 Å². The molecule has 44 heavy (non-hydrogen) atoms. The molecule has 1 amide bonds. The number of unbranched alkanes of at least 4 members (excludes halogenated alkanes) is 1. The highest BCUT2D eigenvalue weighted by molar-refractivity contribution is 7.91. The Bertz CT molecular complexity index is 1470. The molecule has 0 fully saturated rings. The van der Waals surface area contributed by atoms with Crippen LogP contribution >= 0.6 is 0 Å². The minimum Gasteiger partial charge on any atom is -0.458 e. The number of ether oxygens (including phenoxy) is 1. The molecular formula is C32H40F2N4O5S. The molecule has 1 heterocycles. The molecule has 3 aromatic rings. The average molecular weight is 631 g/mol. The Kier molecular flexibility index (Phi) is 13.4. The zero-order valence-corrected chi connectivity index (χ0v) is 25.8. The van der Waals surface area contributed by atoms with Gasteiger partial charge in [0.05, 0.1) is 11.5 Å². The number of nitrogens with one attached hydrogen (secondary N) is 2. The zero-order chi connectivity index (χ0) is 32.1. The van der Waals surface area contributed by atoms with E-state index in [1.165, 1.54) is 24.5 Å². The van der Waals surface area contributed by atoms with E-state index in [1.807, 2.05) is 38.1 Å². The van der Waals surface area contributed by atoms with Crippen molar-refractivity contribution in [3.05, 3.63) is 101 Å². The third-order valence-electron chi connectivity index (χ3n) is 6.97. The summed E-state index contributed by atoms with van der Waals surface area (Å²) in [6.07, 6.45) is 3.59. The van der Waals surface area contributed by atoms with Gasteiger partial charge in [-0.1, -0.05) is 44.5 Å². The van der Waals surface area contributed by atoms with E-state index in [0.29, 0.717) is 19.4 Å². The molecule has 0 spiro atoms. The highest BCUT2D eigenvalue weighted by atomic mass is 32.2. The number of nitrogens with zero attached hydrogens (tertiary/aromatic N) is 1. The van der Waals surface area contributed by atoms with E-state index in [4.69, 9.17) is 10.5 Å². The van der Waals surface area contributed by atoms with Crippen molar-refractivity contribution in [1.29, 1.82) is 0 Å². The molecule has 4 N–H and O–H groups in total. The number of carbonyl (C=O) groups excluding carboxylic acids is 2. The topological polar surface area (TPSA) is 140 Å². The second kappa shape index (κ2) is 16.9. The minimum atomic E-state index is -3.75. The minimum absolute atomic E-state index is 0.0392. The Morgan fingerprint density at radius 3 is 2.32 bits per heavy atom. The number of benzene rings is 2. The molecule has 9 nitrogen and oxygen atoms in total. The monoisotopic (exact) mass is 630 g/mol. The third-order valence-corrected chi connectivity index (χ3v) is 8.73. The smallest absolute Gasteiger partial charge is 0.330 e. The standard InChI is InChI=1S/C32H40F2N4O5S/c1-3-5-13-44(41,42)21-29(38-31(39)25-9-11-36-12-10-25)32(40)43-30(20-37-19-23-8-6-7-22(4-2)14-23)28(35)17-24-15-26(33)18-27(34)16-24/h6-12,14-16,18,28-30,37H,3-5,13,17,19-21,35H2,1-2H3,(H,38,39)/t28-,29+,30+/m0/s1. The van der Waals surface area contributed by atoms with Crippen LogP contribution in [0.2, 0.25) is 0 Å². The van der Waals surface area contributed by atoms with Crippen molar-refractivity contribution < 1.29 is 31.5 Å². The molecule has 3 atom stereocenters. The summed E-state index contributed by atoms with van der Waals surface area (Å²) >= 11 is 0. The van der Waals surface area contributed by atoms with Crippen molar-refractivity contribution in [3.63, 3.8) is 0 Å². The predicted octanol–water partition coefficient (Wildman–Crippen LogP) is 3.51. The number of sulfone groups is 1. The number of esters is 1. The summed E-state index contributed by atoms with van der Waals surface area (Å²) < 4.78 is 59.2. The van der Waals surface area contributed by atoms with Crippen LogP contribution in [-0.4, -0.2) is 61.5 Å². The van der Waals surface area contributed by atoms with E-state index in [1.54, 1.807) is 0 Å². The summed E-state index contributed by atoms with van der Waals surface area (Å²) in [6.45, 7) is 4.35. The van der Waals surface area contributed by atoms with Gasteiger partial charge in [0, 0.05) is 43.2 Å². The van der Waals surface area contributed by atoms with Gasteiger partial charge >= 0.3 is 5.97 Å². The second-order valence-corrected chi connectivity index (χ2v) is 12.9. The van der Waals surface area contributed by atoms with Crippen LogP contribution in [-0.2, 0) is 38.8 Å². The summed E-state index contributed by atoms with van der Waals surface area (Å²) in [6, 6.07) is 11.4. The Hall–Kier alpha value is -3.74. The van der Waals surface area contributed by atoms with Gasteiger partial charge in [0.25, 0.3) is 5.91 Å². The maximum absolute atomic E-state index is 13.9. The van der Waals surface area contributed by atoms with Crippen LogP contribution in [0.4, 0.5) is 8.78 Å². The van der Waals surface area contributed by atoms with Crippen molar-refractivity contribution in [2.24, 2.45) is 5.73 Å². The normalized spacial score (nSPS) is 13.6. The first kappa shape index (κ1) is 34.7. The lowest BCUT2D eigenvalue weighted by Crippen LogP contribution is -2.51. The van der Waals surface area contributed by atoms with Crippen molar-refractivity contribution in [3.8, 4) is 0 Å². The number of hydrogen-bond acceptors (Lipinski definition) is 8. The fraction of sp³-hybridized carbons (Fsp3) is 0.406. The van der Waals surface area contributed by atoms with Crippen LogP contribution in [0.5, 0.6) is 0 Å². The highest BCUT2D eigenvalue weighted by Gasteiger charge is 2.32. The Labute approximate surface area is 257 Å². The van der Waals surface area contributed by atoms with Crippen molar-refractivity contribution in [2.75, 3.05) is 18.1 Å². The number of nitrogens with two attached hydrogens (primary N) is 1. The molecule has 0 radical (unpaired) electrons. The van der Waals surface area contributed by atoms with Gasteiger partial charge in [0.1, 0.15) is 23.8 Å². The molecule has 12 heteroatoms. The molecule has 0 saturated carbocycles. The lowest BCUT2D eigenvalue weighted by molar-refractivity contribution is -0.151. The van der Waals surface area contributed by atoms with Gasteiger partial charge in [0.2, 0.25) is 0 Å². The lowest BCUT2D eigenvalue weighted by atomic mass is 10.0. The second-order valence-electron chi connectivity index (χ2n) is 10.7. The van der Waals surface area contributed by atoms with Gasteiger partial charge < -0.3 is 21.1 Å². The predicted molar refractivity (Wildman–Crippen MR) is 164 cm³/mol. The largest absolute Gasteiger partial charge is 0.458 e. The van der Waals surface area contributed by atoms with Gasteiger partial charge in [-0.05, 0) is 60.2 Å². The molecular weight excluding hydrogens is 590 g/mol. The van der Waals surface area contributed by atoms with E-state index in [-0.39, 0.29) is 29.8 Å². The zero-order valence-electron chi connectivity index (χ0n) is 25.0. The summed E-state index contributed by atoms with van der Waals surface area (Å²) in [5.74, 6) is -4.04. The molecule has 0 saturated heterocycles. The van der Waals surface area contributed by atoms with Crippen LogP contribution in [0.3, 0.4) is 0 Å². The Morgan fingerprint density at radius 2 is 1.66 bits per heavy atom. The van der Waals surface area contributed by atoms with Gasteiger partial charge in [-0.25, -0.2) is 22.0 Å². The van der Waals surface area contributed by atoms with Gasteiger partial charge in [-0.2, -0.15) is 0 Å². The van der Waals surface area contributed by atoms with E-state index < -0.39 is 57.3 Å². The number of rotatable bonds is 17. The Morgan fingerprint density at radius 1 is 0.977 bits per heavy atom. The number of aromatic nitrogens is 1. The molecule has 1 aromatic heterocycles. The summed E-state index contributed by atoms with van der Waals surface area (Å²) in [7, 11) is -3.75. The number of carbonyl (C=O) groups is 2. The number of hydrogen-bond donors (Lipinski definition) is 3. The van der Waals surface area contributed by atoms with Gasteiger partial charge in [-0.15, -0.1) is 0 Å². The van der Waals surface area contributed by atoms with Crippen molar-refractivity contribution in [2.45, 2.75) is 64.3 Å². The van der Waals surface area contributed by atoms with E-state index >= 15 is 0 Å². The number of amides is 1.